The van der Waals surface area contributed by atoms with Crippen LogP contribution in [0.4, 0.5) is 4.39 Å². The fourth-order valence-corrected chi connectivity index (χ4v) is 1.70. The highest BCUT2D eigenvalue weighted by molar-refractivity contribution is 6.33. The molecule has 0 aliphatic carbocycles. The number of benzene rings is 1. The van der Waals surface area contributed by atoms with Crippen LogP contribution in [0, 0.1) is 17.1 Å². The molecule has 0 aliphatic heterocycles. The summed E-state index contributed by atoms with van der Waals surface area (Å²) in [7, 11) is 0. The predicted octanol–water partition coefficient (Wildman–Crippen LogP) is 2.87. The van der Waals surface area contributed by atoms with E-state index in [0.29, 0.717) is 5.82 Å². The van der Waals surface area contributed by atoms with Gasteiger partial charge in [0.25, 0.3) is 0 Å². The molecule has 0 aliphatic rings. The van der Waals surface area contributed by atoms with Gasteiger partial charge in [-0.3, -0.25) is 0 Å². The average molecular weight is 236 g/mol. The van der Waals surface area contributed by atoms with Gasteiger partial charge in [0.2, 0.25) is 0 Å². The van der Waals surface area contributed by atoms with Crippen molar-refractivity contribution in [2.45, 2.75) is 6.54 Å². The van der Waals surface area contributed by atoms with Gasteiger partial charge in [-0.15, -0.1) is 0 Å². The van der Waals surface area contributed by atoms with E-state index in [2.05, 4.69) is 4.98 Å². The topological polar surface area (TPSA) is 41.6 Å². The third-order valence-corrected chi connectivity index (χ3v) is 2.46. The number of nitrogens with zero attached hydrogens (tertiary/aromatic N) is 3. The zero-order chi connectivity index (χ0) is 11.5. The van der Waals surface area contributed by atoms with E-state index in [0.717, 1.165) is 0 Å². The Balaban J connectivity index is 2.59. The maximum atomic E-state index is 13.6. The molecule has 0 N–H and O–H groups in total. The third kappa shape index (κ3) is 1.77. The van der Waals surface area contributed by atoms with E-state index < -0.39 is 5.82 Å². The lowest BCUT2D eigenvalue weighted by Crippen LogP contribution is -1.99. The van der Waals surface area contributed by atoms with Crippen LogP contribution in [0.1, 0.15) is 0 Å². The number of hydrogen-bond acceptors (Lipinski definition) is 2. The van der Waals surface area contributed by atoms with Gasteiger partial charge in [0, 0.05) is 12.4 Å². The summed E-state index contributed by atoms with van der Waals surface area (Å²) >= 11 is 5.92. The van der Waals surface area contributed by atoms with Gasteiger partial charge in [-0.2, -0.15) is 5.26 Å². The molecule has 0 unspecified atom stereocenters. The van der Waals surface area contributed by atoms with Gasteiger partial charge < -0.3 is 4.57 Å². The first kappa shape index (κ1) is 10.7. The molecule has 0 radical (unpaired) electrons. The van der Waals surface area contributed by atoms with Gasteiger partial charge in [0.05, 0.1) is 16.7 Å². The fourth-order valence-electron chi connectivity index (χ4n) is 1.45. The van der Waals surface area contributed by atoms with Crippen molar-refractivity contribution < 1.29 is 4.39 Å². The van der Waals surface area contributed by atoms with E-state index in [1.54, 1.807) is 16.8 Å². The number of aromatic nitrogens is 2. The molecule has 1 heterocycles. The van der Waals surface area contributed by atoms with Crippen molar-refractivity contribution >= 4 is 11.6 Å². The first-order chi connectivity index (χ1) is 7.74. The Labute approximate surface area is 96.7 Å². The Morgan fingerprint density at radius 3 is 3.00 bits per heavy atom. The van der Waals surface area contributed by atoms with E-state index >= 15 is 0 Å². The fraction of sp³-hybridized carbons (Fsp3) is 0.0909. The molecule has 1 aromatic heterocycles. The maximum Gasteiger partial charge on any atom is 0.145 e. The van der Waals surface area contributed by atoms with Gasteiger partial charge >= 0.3 is 0 Å². The summed E-state index contributed by atoms with van der Waals surface area (Å²) in [6.07, 6.45) is 3.12. The van der Waals surface area contributed by atoms with Gasteiger partial charge in [-0.05, 0) is 12.1 Å². The second-order valence-corrected chi connectivity index (χ2v) is 3.54. The summed E-state index contributed by atoms with van der Waals surface area (Å²) in [4.78, 5) is 4.01. The van der Waals surface area contributed by atoms with Crippen molar-refractivity contribution in [1.82, 2.24) is 9.55 Å². The van der Waals surface area contributed by atoms with Crippen LogP contribution >= 0.6 is 11.6 Å². The van der Waals surface area contributed by atoms with E-state index in [4.69, 9.17) is 16.9 Å². The minimum atomic E-state index is -0.446. The Hall–Kier alpha value is -1.86. The molecule has 0 fully saturated rings. The standard InChI is InChI=1S/C11H7ClFN3/c12-8-2-1-3-9(13)10(8)11-15-5-7-16(11)6-4-14/h1-3,5,7H,6H2. The summed E-state index contributed by atoms with van der Waals surface area (Å²) in [6, 6.07) is 6.40. The number of halogens is 2. The van der Waals surface area contributed by atoms with Crippen molar-refractivity contribution in [3.8, 4) is 17.5 Å². The van der Waals surface area contributed by atoms with Crippen molar-refractivity contribution in [2.75, 3.05) is 0 Å². The van der Waals surface area contributed by atoms with Gasteiger partial charge in [0.1, 0.15) is 18.2 Å². The van der Waals surface area contributed by atoms with Crippen LogP contribution in [0.25, 0.3) is 11.4 Å². The molecule has 0 atom stereocenters. The van der Waals surface area contributed by atoms with Crippen LogP contribution in [0.5, 0.6) is 0 Å². The molecule has 2 rings (SSSR count). The highest BCUT2D eigenvalue weighted by Gasteiger charge is 2.14. The monoisotopic (exact) mass is 235 g/mol. The number of rotatable bonds is 2. The predicted molar refractivity (Wildman–Crippen MR) is 58.2 cm³/mol. The highest BCUT2D eigenvalue weighted by atomic mass is 35.5. The Bertz CT molecular complexity index is 536. The largest absolute Gasteiger partial charge is 0.317 e. The molecule has 1 aromatic carbocycles. The molecule has 0 spiro atoms. The molecule has 0 saturated heterocycles. The lowest BCUT2D eigenvalue weighted by molar-refractivity contribution is 0.628. The number of nitriles is 1. The summed E-state index contributed by atoms with van der Waals surface area (Å²) < 4.78 is 15.2. The normalized spacial score (nSPS) is 10.1. The Morgan fingerprint density at radius 2 is 2.31 bits per heavy atom. The van der Waals surface area contributed by atoms with Crippen molar-refractivity contribution in [3.05, 3.63) is 41.4 Å². The van der Waals surface area contributed by atoms with E-state index in [1.165, 1.54) is 18.3 Å². The molecule has 80 valence electrons. The SMILES string of the molecule is N#CCn1ccnc1-c1c(F)cccc1Cl. The van der Waals surface area contributed by atoms with Crippen molar-refractivity contribution in [2.24, 2.45) is 0 Å². The molecular weight excluding hydrogens is 229 g/mol. The summed E-state index contributed by atoms with van der Waals surface area (Å²) in [5, 5.41) is 8.91. The summed E-state index contributed by atoms with van der Waals surface area (Å²) in [5.41, 5.74) is 0.226. The Morgan fingerprint density at radius 1 is 1.50 bits per heavy atom. The molecule has 3 nitrogen and oxygen atoms in total. The summed E-state index contributed by atoms with van der Waals surface area (Å²) in [6.45, 7) is 0.111. The molecule has 0 bridgehead atoms. The lowest BCUT2D eigenvalue weighted by Gasteiger charge is -2.06. The zero-order valence-electron chi connectivity index (χ0n) is 8.19. The number of hydrogen-bond donors (Lipinski definition) is 0. The molecule has 0 amide bonds. The van der Waals surface area contributed by atoms with Crippen LogP contribution in [0.3, 0.4) is 0 Å². The Kier molecular flexibility index (Phi) is 2.88. The minimum absolute atomic E-state index is 0.111. The van der Waals surface area contributed by atoms with E-state index in [-0.39, 0.29) is 17.1 Å². The minimum Gasteiger partial charge on any atom is -0.317 e. The van der Waals surface area contributed by atoms with Gasteiger partial charge in [0.15, 0.2) is 0 Å². The molecule has 16 heavy (non-hydrogen) atoms. The van der Waals surface area contributed by atoms with Crippen LogP contribution in [0.2, 0.25) is 5.02 Å². The quantitative estimate of drug-likeness (QED) is 0.803. The zero-order valence-corrected chi connectivity index (χ0v) is 8.95. The van der Waals surface area contributed by atoms with E-state index in [1.807, 2.05) is 6.07 Å². The van der Waals surface area contributed by atoms with Gasteiger partial charge in [-0.1, -0.05) is 17.7 Å². The van der Waals surface area contributed by atoms with Crippen LogP contribution in [-0.2, 0) is 6.54 Å². The molecule has 0 saturated carbocycles. The third-order valence-electron chi connectivity index (χ3n) is 2.14. The maximum absolute atomic E-state index is 13.6. The number of imidazole rings is 1. The molecule has 2 aromatic rings. The van der Waals surface area contributed by atoms with E-state index in [9.17, 15) is 4.39 Å². The van der Waals surface area contributed by atoms with Gasteiger partial charge in [-0.25, -0.2) is 9.37 Å². The lowest BCUT2D eigenvalue weighted by atomic mass is 10.2. The molecular formula is C11H7ClFN3. The average Bonchev–Trinajstić information content (AvgIpc) is 2.67. The molecule has 5 heteroatoms. The van der Waals surface area contributed by atoms with Crippen LogP contribution < -0.4 is 0 Å². The van der Waals surface area contributed by atoms with Crippen molar-refractivity contribution in [1.29, 1.82) is 5.26 Å². The summed E-state index contributed by atoms with van der Waals surface area (Å²) in [5.74, 6) is -0.0810. The van der Waals surface area contributed by atoms with Crippen LogP contribution in [0.15, 0.2) is 30.6 Å². The van der Waals surface area contributed by atoms with Crippen molar-refractivity contribution in [3.63, 3.8) is 0 Å². The first-order valence-electron chi connectivity index (χ1n) is 4.56. The van der Waals surface area contributed by atoms with Crippen LogP contribution in [-0.4, -0.2) is 9.55 Å². The smallest absolute Gasteiger partial charge is 0.145 e. The second kappa shape index (κ2) is 4.33. The first-order valence-corrected chi connectivity index (χ1v) is 4.94. The second-order valence-electron chi connectivity index (χ2n) is 3.13. The highest BCUT2D eigenvalue weighted by Crippen LogP contribution is 2.29.